The van der Waals surface area contributed by atoms with Crippen LogP contribution in [0.3, 0.4) is 0 Å². The van der Waals surface area contributed by atoms with Crippen LogP contribution >= 0.6 is 11.8 Å². The molecule has 1 aliphatic rings. The molecule has 7 atom stereocenters. The Morgan fingerprint density at radius 1 is 1.42 bits per heavy atom. The monoisotopic (exact) mass is 296 g/mol. The van der Waals surface area contributed by atoms with Gasteiger partial charge < -0.3 is 30.3 Å². The lowest BCUT2D eigenvalue weighted by atomic mass is 9.85. The van der Waals surface area contributed by atoms with E-state index < -0.39 is 54.3 Å². The molecule has 0 spiro atoms. The molecule has 1 fully saturated rings. The van der Waals surface area contributed by atoms with E-state index in [1.54, 1.807) is 13.2 Å². The van der Waals surface area contributed by atoms with Crippen LogP contribution in [0.25, 0.3) is 0 Å². The summed E-state index contributed by atoms with van der Waals surface area (Å²) in [6, 6.07) is 0. The van der Waals surface area contributed by atoms with Gasteiger partial charge in [0, 0.05) is 5.92 Å². The molecule has 8 heteroatoms. The molecule has 5 N–H and O–H groups in total. The highest BCUT2D eigenvalue weighted by Crippen LogP contribution is 2.34. The van der Waals surface area contributed by atoms with E-state index in [2.05, 4.69) is 0 Å². The predicted octanol–water partition coefficient (Wildman–Crippen LogP) is -1.72. The summed E-state index contributed by atoms with van der Waals surface area (Å²) in [4.78, 5) is 11.1. The number of hydrogen-bond acceptors (Lipinski definition) is 7. The van der Waals surface area contributed by atoms with Gasteiger partial charge >= 0.3 is 5.97 Å². The van der Waals surface area contributed by atoms with Crippen LogP contribution in [0.5, 0.6) is 0 Å². The first-order valence-corrected chi connectivity index (χ1v) is 7.20. The maximum Gasteiger partial charge on any atom is 0.334 e. The summed E-state index contributed by atoms with van der Waals surface area (Å²) in [5, 5.41) is 46.6. The zero-order valence-electron chi connectivity index (χ0n) is 10.7. The van der Waals surface area contributed by atoms with E-state index in [9.17, 15) is 20.1 Å². The maximum absolute atomic E-state index is 11.1. The summed E-state index contributed by atoms with van der Waals surface area (Å²) in [6.45, 7) is 0.928. The quantitative estimate of drug-likeness (QED) is 0.405. The number of carboxylic acid groups (broad SMARTS) is 1. The Balaban J connectivity index is 2.93. The number of carboxylic acids is 1. The predicted molar refractivity (Wildman–Crippen MR) is 67.9 cm³/mol. The Labute approximate surface area is 115 Å². The lowest BCUT2D eigenvalue weighted by Crippen LogP contribution is -2.59. The molecule has 0 aromatic carbocycles. The highest BCUT2D eigenvalue weighted by atomic mass is 32.2. The molecule has 0 bridgehead atoms. The number of aliphatic hydroxyl groups is 4. The third-order valence-corrected chi connectivity index (χ3v) is 4.50. The van der Waals surface area contributed by atoms with Crippen molar-refractivity contribution < 1.29 is 35.1 Å². The van der Waals surface area contributed by atoms with E-state index >= 15 is 0 Å². The molecular formula is C11H20O7S. The number of rotatable bonds is 5. The topological polar surface area (TPSA) is 127 Å². The minimum absolute atomic E-state index is 0.566. The average Bonchev–Trinajstić information content (AvgIpc) is 2.39. The van der Waals surface area contributed by atoms with Gasteiger partial charge in [0.2, 0.25) is 0 Å². The van der Waals surface area contributed by atoms with Gasteiger partial charge in [0.1, 0.15) is 12.2 Å². The second kappa shape index (κ2) is 6.87. The van der Waals surface area contributed by atoms with Crippen LogP contribution in [0.15, 0.2) is 0 Å². The molecule has 0 saturated carbocycles. The molecule has 19 heavy (non-hydrogen) atoms. The molecule has 1 aliphatic heterocycles. The SMILES string of the molecule is CS[C@@H]1[C@H](O)C(C)C([C@H](O)[C@H](O)CO)O[C@H]1C(=O)O. The Kier molecular flexibility index (Phi) is 6.03. The fourth-order valence-electron chi connectivity index (χ4n) is 2.22. The van der Waals surface area contributed by atoms with Crippen molar-refractivity contribution in [1.29, 1.82) is 0 Å². The van der Waals surface area contributed by atoms with Crippen molar-refractivity contribution in [3.8, 4) is 0 Å². The summed E-state index contributed by atoms with van der Waals surface area (Å²) in [7, 11) is 0. The van der Waals surface area contributed by atoms with Crippen LogP contribution in [-0.4, -0.2) is 80.1 Å². The van der Waals surface area contributed by atoms with Gasteiger partial charge in [-0.15, -0.1) is 0 Å². The van der Waals surface area contributed by atoms with Gasteiger partial charge in [-0.25, -0.2) is 4.79 Å². The molecule has 112 valence electrons. The standard InChI is InChI=1S/C11H20O7S/c1-4-6(14)10(19-2)9(11(16)17)18-8(4)7(15)5(13)3-12/h4-10,12-15H,3H2,1-2H3,(H,16,17)/t4?,5-,6-,7-,8?,9-,10-/m1/s1. The van der Waals surface area contributed by atoms with Crippen LogP contribution in [0.2, 0.25) is 0 Å². The molecule has 0 aromatic rings. The number of aliphatic carboxylic acids is 1. The van der Waals surface area contributed by atoms with E-state index in [-0.39, 0.29) is 0 Å². The molecule has 0 amide bonds. The van der Waals surface area contributed by atoms with Crippen LogP contribution in [0, 0.1) is 5.92 Å². The smallest absolute Gasteiger partial charge is 0.334 e. The first-order valence-electron chi connectivity index (χ1n) is 5.91. The van der Waals surface area contributed by atoms with Crippen molar-refractivity contribution >= 4 is 17.7 Å². The molecule has 1 heterocycles. The van der Waals surface area contributed by atoms with Crippen molar-refractivity contribution in [3.05, 3.63) is 0 Å². The Morgan fingerprint density at radius 2 is 2.00 bits per heavy atom. The largest absolute Gasteiger partial charge is 0.479 e. The minimum atomic E-state index is -1.46. The first kappa shape index (κ1) is 16.7. The number of ether oxygens (including phenoxy) is 1. The summed E-state index contributed by atoms with van der Waals surface area (Å²) in [5.41, 5.74) is 0. The van der Waals surface area contributed by atoms with Crippen LogP contribution in [-0.2, 0) is 9.53 Å². The molecule has 2 unspecified atom stereocenters. The van der Waals surface area contributed by atoms with Gasteiger partial charge in [-0.1, -0.05) is 6.92 Å². The highest BCUT2D eigenvalue weighted by Gasteiger charge is 2.49. The molecule has 1 rings (SSSR count). The fraction of sp³-hybridized carbons (Fsp3) is 0.909. The third kappa shape index (κ3) is 3.39. The van der Waals surface area contributed by atoms with Crippen LogP contribution in [0.4, 0.5) is 0 Å². The summed E-state index contributed by atoms with van der Waals surface area (Å²) >= 11 is 1.17. The van der Waals surface area contributed by atoms with Crippen molar-refractivity contribution in [2.75, 3.05) is 12.9 Å². The molecule has 0 aromatic heterocycles. The third-order valence-electron chi connectivity index (χ3n) is 3.43. The zero-order chi connectivity index (χ0) is 14.7. The van der Waals surface area contributed by atoms with Gasteiger partial charge in [0.15, 0.2) is 6.10 Å². The van der Waals surface area contributed by atoms with Crippen molar-refractivity contribution in [1.82, 2.24) is 0 Å². The van der Waals surface area contributed by atoms with E-state index in [1.807, 2.05) is 0 Å². The average molecular weight is 296 g/mol. The van der Waals surface area contributed by atoms with Crippen LogP contribution in [0.1, 0.15) is 6.92 Å². The summed E-state index contributed by atoms with van der Waals surface area (Å²) in [5.74, 6) is -1.80. The summed E-state index contributed by atoms with van der Waals surface area (Å²) < 4.78 is 5.32. The Hall–Kier alpha value is -0.380. The number of hydrogen-bond donors (Lipinski definition) is 5. The Morgan fingerprint density at radius 3 is 2.42 bits per heavy atom. The second-order valence-electron chi connectivity index (χ2n) is 4.65. The van der Waals surface area contributed by atoms with Crippen molar-refractivity contribution in [2.24, 2.45) is 5.92 Å². The lowest BCUT2D eigenvalue weighted by Gasteiger charge is -2.43. The van der Waals surface area contributed by atoms with Crippen molar-refractivity contribution in [2.45, 2.75) is 42.7 Å². The molecule has 7 nitrogen and oxygen atoms in total. The fourth-order valence-corrected chi connectivity index (χ4v) is 3.18. The van der Waals surface area contributed by atoms with Gasteiger partial charge in [0.05, 0.1) is 24.1 Å². The van der Waals surface area contributed by atoms with Crippen molar-refractivity contribution in [3.63, 3.8) is 0 Å². The van der Waals surface area contributed by atoms with Gasteiger partial charge in [-0.2, -0.15) is 11.8 Å². The molecular weight excluding hydrogens is 276 g/mol. The maximum atomic E-state index is 11.1. The van der Waals surface area contributed by atoms with Gasteiger partial charge in [-0.05, 0) is 6.26 Å². The number of carbonyl (C=O) groups is 1. The van der Waals surface area contributed by atoms with Gasteiger partial charge in [-0.3, -0.25) is 0 Å². The minimum Gasteiger partial charge on any atom is -0.479 e. The van der Waals surface area contributed by atoms with E-state index in [1.165, 1.54) is 11.8 Å². The van der Waals surface area contributed by atoms with E-state index in [4.69, 9.17) is 14.9 Å². The van der Waals surface area contributed by atoms with E-state index in [0.717, 1.165) is 0 Å². The van der Waals surface area contributed by atoms with Crippen LogP contribution < -0.4 is 0 Å². The Bertz CT molecular complexity index is 313. The van der Waals surface area contributed by atoms with E-state index in [0.29, 0.717) is 0 Å². The molecule has 0 aliphatic carbocycles. The highest BCUT2D eigenvalue weighted by molar-refractivity contribution is 7.99. The lowest BCUT2D eigenvalue weighted by molar-refractivity contribution is -0.200. The van der Waals surface area contributed by atoms with Gasteiger partial charge in [0.25, 0.3) is 0 Å². The molecule has 1 saturated heterocycles. The second-order valence-corrected chi connectivity index (χ2v) is 5.67. The number of aliphatic hydroxyl groups excluding tert-OH is 4. The summed E-state index contributed by atoms with van der Waals surface area (Å²) in [6.07, 6.45) is -4.55. The number of thioether (sulfide) groups is 1. The molecule has 0 radical (unpaired) electrons. The normalized spacial score (nSPS) is 38.7. The first-order chi connectivity index (χ1) is 8.84. The zero-order valence-corrected chi connectivity index (χ0v) is 11.5.